The van der Waals surface area contributed by atoms with E-state index >= 15 is 0 Å². The van der Waals surface area contributed by atoms with Crippen LogP contribution in [0.25, 0.3) is 10.9 Å². The molecule has 0 aliphatic heterocycles. The first-order valence-corrected chi connectivity index (χ1v) is 7.57. The predicted octanol–water partition coefficient (Wildman–Crippen LogP) is 2.25. The summed E-state index contributed by atoms with van der Waals surface area (Å²) in [6.07, 6.45) is 1.57. The lowest BCUT2D eigenvalue weighted by Gasteiger charge is -2.09. The highest BCUT2D eigenvalue weighted by atomic mass is 16.2. The largest absolute Gasteiger partial charge is 0.399 e. The summed E-state index contributed by atoms with van der Waals surface area (Å²) in [6, 6.07) is 10.8. The lowest BCUT2D eigenvalue weighted by molar-refractivity contribution is -0.119. The maximum Gasteiger partial charge on any atom is 0.262 e. The minimum atomic E-state index is -0.140. The molecule has 0 saturated heterocycles. The summed E-state index contributed by atoms with van der Waals surface area (Å²) >= 11 is 0. The Labute approximate surface area is 139 Å². The second-order valence-electron chi connectivity index (χ2n) is 5.69. The number of benzene rings is 1. The molecule has 2 aromatic heterocycles. The second-order valence-corrected chi connectivity index (χ2v) is 5.69. The van der Waals surface area contributed by atoms with E-state index in [0.717, 1.165) is 16.6 Å². The third-order valence-electron chi connectivity index (χ3n) is 3.79. The van der Waals surface area contributed by atoms with Gasteiger partial charge in [-0.15, -0.1) is 0 Å². The number of nitrogens with two attached hydrogens (primary N) is 1. The number of carbonyl (C=O) groups excluding carboxylic acids is 2. The highest BCUT2D eigenvalue weighted by Crippen LogP contribution is 2.23. The van der Waals surface area contributed by atoms with Crippen molar-refractivity contribution in [1.82, 2.24) is 14.9 Å². The molecule has 24 heavy (non-hydrogen) atoms. The van der Waals surface area contributed by atoms with E-state index in [9.17, 15) is 9.59 Å². The van der Waals surface area contributed by atoms with Crippen LogP contribution in [0.5, 0.6) is 0 Å². The molecule has 2 heterocycles. The average molecular weight is 322 g/mol. The Balaban J connectivity index is 1.99. The van der Waals surface area contributed by atoms with Crippen molar-refractivity contribution in [3.8, 4) is 0 Å². The molecule has 0 radical (unpaired) electrons. The third-order valence-corrected chi connectivity index (χ3v) is 3.79. The summed E-state index contributed by atoms with van der Waals surface area (Å²) in [5.74, 6) is -0.280. The highest BCUT2D eigenvalue weighted by molar-refractivity contribution is 6.03. The van der Waals surface area contributed by atoms with Crippen molar-refractivity contribution < 1.29 is 9.59 Å². The number of pyridine rings is 1. The van der Waals surface area contributed by atoms with Crippen LogP contribution in [0.1, 0.15) is 28.7 Å². The number of amides is 1. The van der Waals surface area contributed by atoms with E-state index in [4.69, 9.17) is 5.73 Å². The zero-order valence-corrected chi connectivity index (χ0v) is 13.5. The number of aromatic nitrogens is 2. The lowest BCUT2D eigenvalue weighted by Crippen LogP contribution is -2.20. The van der Waals surface area contributed by atoms with Crippen molar-refractivity contribution in [2.45, 2.75) is 20.4 Å². The molecule has 0 fully saturated rings. The molecule has 0 bridgehead atoms. The molecule has 0 unspecified atom stereocenters. The van der Waals surface area contributed by atoms with Crippen LogP contribution >= 0.6 is 0 Å². The summed E-state index contributed by atoms with van der Waals surface area (Å²) in [4.78, 5) is 28.1. The summed E-state index contributed by atoms with van der Waals surface area (Å²) in [5.41, 5.74) is 9.27. The number of aryl methyl sites for hydroxylation is 1. The SMILES string of the molecule is CC(=O)NCc1cc(C(=O)n2c(C)cc3cc(N)ccc32)ccn1. The van der Waals surface area contributed by atoms with Crippen LogP contribution in [-0.4, -0.2) is 21.4 Å². The summed E-state index contributed by atoms with van der Waals surface area (Å²) < 4.78 is 1.66. The summed E-state index contributed by atoms with van der Waals surface area (Å²) in [7, 11) is 0. The molecule has 122 valence electrons. The van der Waals surface area contributed by atoms with Crippen molar-refractivity contribution in [3.63, 3.8) is 0 Å². The molecule has 0 aliphatic rings. The molecule has 3 rings (SSSR count). The Kier molecular flexibility index (Phi) is 4.04. The van der Waals surface area contributed by atoms with Gasteiger partial charge in [-0.2, -0.15) is 0 Å². The zero-order chi connectivity index (χ0) is 17.3. The summed E-state index contributed by atoms with van der Waals surface area (Å²) in [5, 5.41) is 3.60. The number of fused-ring (bicyclic) bond motifs is 1. The van der Waals surface area contributed by atoms with Gasteiger partial charge in [-0.25, -0.2) is 0 Å². The molecule has 6 nitrogen and oxygen atoms in total. The minimum absolute atomic E-state index is 0.140. The van der Waals surface area contributed by atoms with Crippen LogP contribution in [0.2, 0.25) is 0 Å². The number of carbonyl (C=O) groups is 2. The molecular formula is C18H18N4O2. The maximum absolute atomic E-state index is 12.9. The topological polar surface area (TPSA) is 90.0 Å². The van der Waals surface area contributed by atoms with Crippen LogP contribution in [0.15, 0.2) is 42.6 Å². The van der Waals surface area contributed by atoms with Gasteiger partial charge in [-0.1, -0.05) is 0 Å². The fourth-order valence-electron chi connectivity index (χ4n) is 2.69. The number of anilines is 1. The van der Waals surface area contributed by atoms with Gasteiger partial charge in [-0.05, 0) is 43.3 Å². The van der Waals surface area contributed by atoms with Crippen LogP contribution < -0.4 is 11.1 Å². The molecule has 0 aliphatic carbocycles. The van der Waals surface area contributed by atoms with Gasteiger partial charge in [0.05, 0.1) is 17.8 Å². The number of rotatable bonds is 3. The number of nitrogen functional groups attached to an aromatic ring is 1. The van der Waals surface area contributed by atoms with Crippen LogP contribution in [0.4, 0.5) is 5.69 Å². The zero-order valence-electron chi connectivity index (χ0n) is 13.5. The van der Waals surface area contributed by atoms with Crippen LogP contribution in [-0.2, 0) is 11.3 Å². The molecular weight excluding hydrogens is 304 g/mol. The number of hydrogen-bond acceptors (Lipinski definition) is 4. The van der Waals surface area contributed by atoms with E-state index in [0.29, 0.717) is 23.5 Å². The molecule has 0 saturated carbocycles. The van der Waals surface area contributed by atoms with Gasteiger partial charge in [0.25, 0.3) is 5.91 Å². The van der Waals surface area contributed by atoms with Gasteiger partial charge in [0, 0.05) is 35.5 Å². The van der Waals surface area contributed by atoms with E-state index in [1.165, 1.54) is 6.92 Å². The van der Waals surface area contributed by atoms with E-state index in [-0.39, 0.29) is 11.8 Å². The van der Waals surface area contributed by atoms with E-state index in [2.05, 4.69) is 10.3 Å². The average Bonchev–Trinajstić information content (AvgIpc) is 2.87. The second kappa shape index (κ2) is 6.16. The molecule has 1 amide bonds. The van der Waals surface area contributed by atoms with Crippen molar-refractivity contribution in [2.75, 3.05) is 5.73 Å². The number of nitrogens with zero attached hydrogens (tertiary/aromatic N) is 2. The first-order chi connectivity index (χ1) is 11.5. The van der Waals surface area contributed by atoms with E-state index in [1.54, 1.807) is 29.0 Å². The number of nitrogens with one attached hydrogen (secondary N) is 1. The normalized spacial score (nSPS) is 10.8. The quantitative estimate of drug-likeness (QED) is 0.724. The molecule has 0 spiro atoms. The first-order valence-electron chi connectivity index (χ1n) is 7.57. The van der Waals surface area contributed by atoms with Crippen molar-refractivity contribution >= 4 is 28.4 Å². The van der Waals surface area contributed by atoms with Gasteiger partial charge >= 0.3 is 0 Å². The van der Waals surface area contributed by atoms with Gasteiger partial charge in [0.1, 0.15) is 0 Å². The Morgan fingerprint density at radius 3 is 2.75 bits per heavy atom. The highest BCUT2D eigenvalue weighted by Gasteiger charge is 2.15. The van der Waals surface area contributed by atoms with E-state index < -0.39 is 0 Å². The fraction of sp³-hybridized carbons (Fsp3) is 0.167. The third kappa shape index (κ3) is 2.99. The van der Waals surface area contributed by atoms with Crippen LogP contribution in [0.3, 0.4) is 0 Å². The molecule has 6 heteroatoms. The Bertz CT molecular complexity index is 943. The number of hydrogen-bond donors (Lipinski definition) is 2. The monoisotopic (exact) mass is 322 g/mol. The van der Waals surface area contributed by atoms with Gasteiger partial charge < -0.3 is 11.1 Å². The van der Waals surface area contributed by atoms with Gasteiger partial charge in [-0.3, -0.25) is 19.1 Å². The first kappa shape index (κ1) is 15.7. The van der Waals surface area contributed by atoms with E-state index in [1.807, 2.05) is 25.1 Å². The molecule has 3 aromatic rings. The molecule has 0 atom stereocenters. The summed E-state index contributed by atoms with van der Waals surface area (Å²) in [6.45, 7) is 3.61. The fourth-order valence-corrected chi connectivity index (χ4v) is 2.69. The lowest BCUT2D eigenvalue weighted by atomic mass is 10.2. The Morgan fingerprint density at radius 2 is 2.00 bits per heavy atom. The maximum atomic E-state index is 12.9. The van der Waals surface area contributed by atoms with Crippen molar-refractivity contribution in [2.24, 2.45) is 0 Å². The minimum Gasteiger partial charge on any atom is -0.399 e. The van der Waals surface area contributed by atoms with Crippen LogP contribution in [0, 0.1) is 6.92 Å². The smallest absolute Gasteiger partial charge is 0.262 e. The van der Waals surface area contributed by atoms with Crippen molar-refractivity contribution in [1.29, 1.82) is 0 Å². The molecule has 3 N–H and O–H groups in total. The standard InChI is InChI=1S/C18H18N4O2/c1-11-7-14-8-15(19)3-4-17(14)22(11)18(24)13-5-6-20-16(9-13)10-21-12(2)23/h3-9H,10,19H2,1-2H3,(H,21,23). The Morgan fingerprint density at radius 1 is 1.21 bits per heavy atom. The van der Waals surface area contributed by atoms with Gasteiger partial charge in [0.15, 0.2) is 0 Å². The Hall–Kier alpha value is -3.15. The van der Waals surface area contributed by atoms with Crippen molar-refractivity contribution in [3.05, 3.63) is 59.5 Å². The predicted molar refractivity (Wildman–Crippen MR) is 92.6 cm³/mol. The van der Waals surface area contributed by atoms with Gasteiger partial charge in [0.2, 0.25) is 5.91 Å². The molecule has 1 aromatic carbocycles.